The molecule has 0 aromatic rings. The molecule has 2 fully saturated rings. The first-order valence-corrected chi connectivity index (χ1v) is 4.27. The Kier molecular flexibility index (Phi) is 1.60. The number of likely N-dealkylation sites (tertiary alicyclic amines) is 1. The average Bonchev–Trinajstić information content (AvgIpc) is 2.65. The Bertz CT molecular complexity index is 171. The minimum Gasteiger partial charge on any atom is -0.339 e. The lowest BCUT2D eigenvalue weighted by Crippen LogP contribution is -2.59. The molecule has 0 atom stereocenters. The molecule has 3 heteroatoms. The summed E-state index contributed by atoms with van der Waals surface area (Å²) >= 11 is 0. The molecule has 1 N–H and O–H groups in total. The molecule has 0 aromatic carbocycles. The van der Waals surface area contributed by atoms with Gasteiger partial charge in [-0.15, -0.1) is 0 Å². The SMILES string of the molecule is CNC1CN(C(=O)C2CC2)C1. The summed E-state index contributed by atoms with van der Waals surface area (Å²) in [6, 6.07) is 0.553. The number of rotatable bonds is 2. The maximum Gasteiger partial charge on any atom is 0.225 e. The second-order valence-corrected chi connectivity index (χ2v) is 3.50. The van der Waals surface area contributed by atoms with Gasteiger partial charge in [-0.05, 0) is 19.9 Å². The van der Waals surface area contributed by atoms with Crippen LogP contribution in [0, 0.1) is 5.92 Å². The molecule has 1 saturated heterocycles. The summed E-state index contributed by atoms with van der Waals surface area (Å²) in [5.41, 5.74) is 0. The van der Waals surface area contributed by atoms with Crippen molar-refractivity contribution >= 4 is 5.91 Å². The van der Waals surface area contributed by atoms with Gasteiger partial charge in [-0.3, -0.25) is 4.79 Å². The van der Waals surface area contributed by atoms with Crippen molar-refractivity contribution in [1.82, 2.24) is 10.2 Å². The van der Waals surface area contributed by atoms with Gasteiger partial charge >= 0.3 is 0 Å². The molecule has 0 bridgehead atoms. The third-order valence-corrected chi connectivity index (χ3v) is 2.53. The topological polar surface area (TPSA) is 32.3 Å². The number of carbonyl (C=O) groups is 1. The smallest absolute Gasteiger partial charge is 0.225 e. The highest BCUT2D eigenvalue weighted by molar-refractivity contribution is 5.81. The third kappa shape index (κ3) is 1.25. The molecule has 3 nitrogen and oxygen atoms in total. The Morgan fingerprint density at radius 1 is 1.45 bits per heavy atom. The van der Waals surface area contributed by atoms with Crippen LogP contribution >= 0.6 is 0 Å². The van der Waals surface area contributed by atoms with Gasteiger partial charge in [0.05, 0.1) is 0 Å². The van der Waals surface area contributed by atoms with Gasteiger partial charge in [0.2, 0.25) is 5.91 Å². The third-order valence-electron chi connectivity index (χ3n) is 2.53. The highest BCUT2D eigenvalue weighted by Crippen LogP contribution is 2.32. The first-order valence-electron chi connectivity index (χ1n) is 4.27. The summed E-state index contributed by atoms with van der Waals surface area (Å²) in [4.78, 5) is 13.3. The minimum absolute atomic E-state index is 0.386. The number of nitrogens with one attached hydrogen (secondary N) is 1. The van der Waals surface area contributed by atoms with E-state index in [0.29, 0.717) is 17.9 Å². The Morgan fingerprint density at radius 2 is 2.09 bits per heavy atom. The number of hydrogen-bond donors (Lipinski definition) is 1. The second kappa shape index (κ2) is 2.48. The van der Waals surface area contributed by atoms with Crippen molar-refractivity contribution in [1.29, 1.82) is 0 Å². The van der Waals surface area contributed by atoms with Crippen molar-refractivity contribution in [3.8, 4) is 0 Å². The zero-order valence-electron chi connectivity index (χ0n) is 6.84. The van der Waals surface area contributed by atoms with Gasteiger partial charge in [-0.25, -0.2) is 0 Å². The highest BCUT2D eigenvalue weighted by Gasteiger charge is 2.38. The van der Waals surface area contributed by atoms with Crippen LogP contribution in [-0.4, -0.2) is 37.0 Å². The van der Waals surface area contributed by atoms with Gasteiger partial charge < -0.3 is 10.2 Å². The lowest BCUT2D eigenvalue weighted by atomic mass is 10.1. The van der Waals surface area contributed by atoms with Crippen LogP contribution in [0.5, 0.6) is 0 Å². The van der Waals surface area contributed by atoms with Crippen LogP contribution in [0.3, 0.4) is 0 Å². The second-order valence-electron chi connectivity index (χ2n) is 3.50. The van der Waals surface area contributed by atoms with Crippen LogP contribution in [0.4, 0.5) is 0 Å². The Balaban J connectivity index is 1.76. The van der Waals surface area contributed by atoms with Crippen molar-refractivity contribution < 1.29 is 4.79 Å². The zero-order chi connectivity index (χ0) is 7.84. The summed E-state index contributed by atoms with van der Waals surface area (Å²) in [7, 11) is 1.95. The maximum atomic E-state index is 11.3. The summed E-state index contributed by atoms with van der Waals surface area (Å²) in [5, 5.41) is 3.15. The Morgan fingerprint density at radius 3 is 2.55 bits per heavy atom. The summed E-state index contributed by atoms with van der Waals surface area (Å²) < 4.78 is 0. The molecule has 1 amide bonds. The molecule has 1 saturated carbocycles. The fraction of sp³-hybridized carbons (Fsp3) is 0.875. The average molecular weight is 154 g/mol. The Hall–Kier alpha value is -0.570. The van der Waals surface area contributed by atoms with Gasteiger partial charge in [0, 0.05) is 25.0 Å². The van der Waals surface area contributed by atoms with E-state index in [0.717, 1.165) is 25.9 Å². The van der Waals surface area contributed by atoms with Crippen LogP contribution in [-0.2, 0) is 4.79 Å². The predicted molar refractivity (Wildman–Crippen MR) is 42.2 cm³/mol. The van der Waals surface area contributed by atoms with E-state index in [4.69, 9.17) is 0 Å². The van der Waals surface area contributed by atoms with Crippen molar-refractivity contribution in [3.63, 3.8) is 0 Å². The maximum absolute atomic E-state index is 11.3. The molecule has 2 aliphatic rings. The normalized spacial score (nSPS) is 25.0. The quantitative estimate of drug-likeness (QED) is 0.598. The van der Waals surface area contributed by atoms with Crippen LogP contribution in [0.2, 0.25) is 0 Å². The van der Waals surface area contributed by atoms with Crippen molar-refractivity contribution in [3.05, 3.63) is 0 Å². The van der Waals surface area contributed by atoms with E-state index in [-0.39, 0.29) is 0 Å². The fourth-order valence-corrected chi connectivity index (χ4v) is 1.43. The largest absolute Gasteiger partial charge is 0.339 e. The van der Waals surface area contributed by atoms with Gasteiger partial charge in [0.25, 0.3) is 0 Å². The molecule has 62 valence electrons. The molecule has 1 heterocycles. The first kappa shape index (κ1) is 7.10. The summed E-state index contributed by atoms with van der Waals surface area (Å²) in [6.45, 7) is 1.84. The van der Waals surface area contributed by atoms with Crippen LogP contribution in [0.15, 0.2) is 0 Å². The molecule has 0 spiro atoms. The molecule has 0 aromatic heterocycles. The number of amides is 1. The van der Waals surface area contributed by atoms with Crippen LogP contribution in [0.25, 0.3) is 0 Å². The fourth-order valence-electron chi connectivity index (χ4n) is 1.43. The first-order chi connectivity index (χ1) is 5.31. The van der Waals surface area contributed by atoms with E-state index < -0.39 is 0 Å². The number of carbonyl (C=O) groups excluding carboxylic acids is 1. The number of nitrogens with zero attached hydrogens (tertiary/aromatic N) is 1. The molecule has 0 unspecified atom stereocenters. The zero-order valence-corrected chi connectivity index (χ0v) is 6.84. The lowest BCUT2D eigenvalue weighted by molar-refractivity contribution is -0.137. The molecule has 11 heavy (non-hydrogen) atoms. The summed E-state index contributed by atoms with van der Waals surface area (Å²) in [5.74, 6) is 0.782. The van der Waals surface area contributed by atoms with E-state index in [9.17, 15) is 4.79 Å². The lowest BCUT2D eigenvalue weighted by Gasteiger charge is -2.39. The van der Waals surface area contributed by atoms with E-state index in [2.05, 4.69) is 5.32 Å². The van der Waals surface area contributed by atoms with Crippen LogP contribution in [0.1, 0.15) is 12.8 Å². The molecular weight excluding hydrogens is 140 g/mol. The minimum atomic E-state index is 0.386. The molecular formula is C8H14N2O. The van der Waals surface area contributed by atoms with E-state index in [1.54, 1.807) is 0 Å². The van der Waals surface area contributed by atoms with Crippen molar-refractivity contribution in [2.45, 2.75) is 18.9 Å². The molecule has 1 aliphatic heterocycles. The monoisotopic (exact) mass is 154 g/mol. The number of likely N-dealkylation sites (N-methyl/N-ethyl adjacent to an activating group) is 1. The highest BCUT2D eigenvalue weighted by atomic mass is 16.2. The van der Waals surface area contributed by atoms with Gasteiger partial charge in [-0.2, -0.15) is 0 Å². The Labute approximate surface area is 66.8 Å². The van der Waals surface area contributed by atoms with Gasteiger partial charge in [0.15, 0.2) is 0 Å². The van der Waals surface area contributed by atoms with Gasteiger partial charge in [-0.1, -0.05) is 0 Å². The molecule has 0 radical (unpaired) electrons. The van der Waals surface area contributed by atoms with Crippen molar-refractivity contribution in [2.24, 2.45) is 5.92 Å². The van der Waals surface area contributed by atoms with E-state index in [1.165, 1.54) is 0 Å². The van der Waals surface area contributed by atoms with Crippen LogP contribution < -0.4 is 5.32 Å². The summed E-state index contributed by atoms with van der Waals surface area (Å²) in [6.07, 6.45) is 2.25. The molecule has 2 rings (SSSR count). The van der Waals surface area contributed by atoms with Crippen molar-refractivity contribution in [2.75, 3.05) is 20.1 Å². The molecule has 1 aliphatic carbocycles. The number of hydrogen-bond acceptors (Lipinski definition) is 2. The predicted octanol–water partition coefficient (Wildman–Crippen LogP) is -0.173. The standard InChI is InChI=1S/C8H14N2O/c1-9-7-4-10(5-7)8(11)6-2-3-6/h6-7,9H,2-5H2,1H3. The van der Waals surface area contributed by atoms with E-state index in [1.807, 2.05) is 11.9 Å². The van der Waals surface area contributed by atoms with E-state index >= 15 is 0 Å². The van der Waals surface area contributed by atoms with Gasteiger partial charge in [0.1, 0.15) is 0 Å².